The van der Waals surface area contributed by atoms with Crippen LogP contribution < -0.4 is 14.2 Å². The van der Waals surface area contributed by atoms with Gasteiger partial charge in [-0.2, -0.15) is 0 Å². The second kappa shape index (κ2) is 10.3. The number of nitrogens with zero attached hydrogens (tertiary/aromatic N) is 2. The van der Waals surface area contributed by atoms with E-state index < -0.39 is 0 Å². The summed E-state index contributed by atoms with van der Waals surface area (Å²) >= 11 is 0. The Morgan fingerprint density at radius 1 is 1.06 bits per heavy atom. The summed E-state index contributed by atoms with van der Waals surface area (Å²) in [4.78, 5) is 27.4. The number of fused-ring (bicyclic) bond motifs is 1. The molecule has 1 saturated heterocycles. The van der Waals surface area contributed by atoms with Gasteiger partial charge in [-0.25, -0.2) is 0 Å². The molecule has 3 aliphatic rings. The third-order valence-electron chi connectivity index (χ3n) is 7.27. The van der Waals surface area contributed by atoms with Crippen molar-refractivity contribution < 1.29 is 23.8 Å². The first-order chi connectivity index (χ1) is 17.0. The van der Waals surface area contributed by atoms with Gasteiger partial charge in [0.25, 0.3) is 0 Å². The van der Waals surface area contributed by atoms with Crippen molar-refractivity contribution in [2.75, 3.05) is 33.4 Å². The van der Waals surface area contributed by atoms with E-state index in [2.05, 4.69) is 36.1 Å². The normalized spacial score (nSPS) is 18.1. The molecule has 0 aromatic heterocycles. The first kappa shape index (κ1) is 23.7. The number of rotatable bonds is 11. The van der Waals surface area contributed by atoms with E-state index in [0.29, 0.717) is 30.4 Å². The number of benzene rings is 2. The second-order valence-corrected chi connectivity index (χ2v) is 9.79. The summed E-state index contributed by atoms with van der Waals surface area (Å²) in [5.74, 6) is 2.83. The van der Waals surface area contributed by atoms with E-state index in [4.69, 9.17) is 14.2 Å². The Hall–Kier alpha value is -3.06. The molecule has 0 spiro atoms. The molecule has 7 nitrogen and oxygen atoms in total. The Morgan fingerprint density at radius 3 is 2.60 bits per heavy atom. The Labute approximate surface area is 206 Å². The lowest BCUT2D eigenvalue weighted by molar-refractivity contribution is -0.138. The lowest BCUT2D eigenvalue weighted by atomic mass is 10.0. The number of amides is 2. The van der Waals surface area contributed by atoms with E-state index in [1.165, 1.54) is 28.9 Å². The molecule has 0 N–H and O–H groups in total. The molecule has 1 saturated carbocycles. The third-order valence-corrected chi connectivity index (χ3v) is 7.27. The second-order valence-electron chi connectivity index (χ2n) is 9.79. The Balaban J connectivity index is 1.26. The molecule has 1 atom stereocenters. The molecule has 1 aliphatic carbocycles. The maximum absolute atomic E-state index is 11.8. The van der Waals surface area contributed by atoms with Crippen molar-refractivity contribution in [3.05, 3.63) is 53.1 Å². The van der Waals surface area contributed by atoms with Gasteiger partial charge in [0.2, 0.25) is 11.8 Å². The minimum absolute atomic E-state index is 0.123. The van der Waals surface area contributed by atoms with Gasteiger partial charge in [0.05, 0.1) is 20.3 Å². The van der Waals surface area contributed by atoms with Gasteiger partial charge in [0.1, 0.15) is 12.4 Å². The lowest BCUT2D eigenvalue weighted by Crippen LogP contribution is -2.33. The molecule has 2 aromatic carbocycles. The first-order valence-corrected chi connectivity index (χ1v) is 12.6. The number of hydrogen-bond acceptors (Lipinski definition) is 6. The zero-order valence-corrected chi connectivity index (χ0v) is 20.6. The van der Waals surface area contributed by atoms with Crippen molar-refractivity contribution in [2.24, 2.45) is 5.92 Å². The zero-order chi connectivity index (χ0) is 24.4. The number of hydrogen-bond donors (Lipinski definition) is 0. The van der Waals surface area contributed by atoms with Crippen molar-refractivity contribution >= 4 is 11.8 Å². The van der Waals surface area contributed by atoms with Crippen molar-refractivity contribution in [3.8, 4) is 17.2 Å². The SMILES string of the molecule is COc1cc(CN(CC2CC2)[C@H](C)c2ccc3c(c2)CCO3)ccc1OCCN1C(=O)CCC1=O. The van der Waals surface area contributed by atoms with E-state index in [1.807, 2.05) is 12.1 Å². The van der Waals surface area contributed by atoms with E-state index in [1.54, 1.807) is 7.11 Å². The van der Waals surface area contributed by atoms with Gasteiger partial charge in [-0.15, -0.1) is 0 Å². The van der Waals surface area contributed by atoms with Crippen LogP contribution in [0.2, 0.25) is 0 Å². The predicted molar refractivity (Wildman–Crippen MR) is 132 cm³/mol. The molecule has 2 amide bonds. The Bertz CT molecular complexity index is 1080. The molecule has 7 heteroatoms. The van der Waals surface area contributed by atoms with E-state index in [0.717, 1.165) is 43.3 Å². The summed E-state index contributed by atoms with van der Waals surface area (Å²) in [7, 11) is 1.64. The number of carbonyl (C=O) groups is 2. The van der Waals surface area contributed by atoms with Crippen LogP contribution in [0.15, 0.2) is 36.4 Å². The van der Waals surface area contributed by atoms with Crippen LogP contribution in [-0.2, 0) is 22.6 Å². The van der Waals surface area contributed by atoms with Gasteiger partial charge in [0, 0.05) is 38.4 Å². The summed E-state index contributed by atoms with van der Waals surface area (Å²) in [6, 6.07) is 12.9. The molecule has 35 heavy (non-hydrogen) atoms. The lowest BCUT2D eigenvalue weighted by Gasteiger charge is -2.30. The Morgan fingerprint density at radius 2 is 1.86 bits per heavy atom. The first-order valence-electron chi connectivity index (χ1n) is 12.6. The van der Waals surface area contributed by atoms with Gasteiger partial charge >= 0.3 is 0 Å². The fourth-order valence-electron chi connectivity index (χ4n) is 4.95. The number of carbonyl (C=O) groups excluding carboxylic acids is 2. The standard InChI is InChI=1S/C28H34N2O5/c1-19(22-6-8-24-23(16-22)11-13-34-24)29(17-20-3-4-20)18-21-5-7-25(26(15-21)33-2)35-14-12-30-27(31)9-10-28(30)32/h5-8,15-16,19-20H,3-4,9-14,17-18H2,1-2H3/t19-/m1/s1. The highest BCUT2D eigenvalue weighted by Crippen LogP contribution is 2.36. The van der Waals surface area contributed by atoms with E-state index in [9.17, 15) is 9.59 Å². The average Bonchev–Trinajstić information content (AvgIpc) is 3.46. The molecule has 2 heterocycles. The Kier molecular flexibility index (Phi) is 6.95. The van der Waals surface area contributed by atoms with Crippen molar-refractivity contribution in [3.63, 3.8) is 0 Å². The van der Waals surface area contributed by atoms with Crippen LogP contribution in [-0.4, -0.2) is 55.0 Å². The third kappa shape index (κ3) is 5.45. The van der Waals surface area contributed by atoms with Crippen LogP contribution in [0.4, 0.5) is 0 Å². The van der Waals surface area contributed by atoms with E-state index >= 15 is 0 Å². The maximum atomic E-state index is 11.8. The zero-order valence-electron chi connectivity index (χ0n) is 20.6. The van der Waals surface area contributed by atoms with Crippen LogP contribution in [0.1, 0.15) is 55.3 Å². The maximum Gasteiger partial charge on any atom is 0.229 e. The van der Waals surface area contributed by atoms with E-state index in [-0.39, 0.29) is 25.0 Å². The minimum atomic E-state index is -0.123. The largest absolute Gasteiger partial charge is 0.493 e. The van der Waals surface area contributed by atoms with Crippen LogP contribution in [0.25, 0.3) is 0 Å². The summed E-state index contributed by atoms with van der Waals surface area (Å²) in [6.45, 7) is 5.47. The molecule has 0 radical (unpaired) electrons. The van der Waals surface area contributed by atoms with Crippen LogP contribution in [0.5, 0.6) is 17.2 Å². The smallest absolute Gasteiger partial charge is 0.229 e. The molecule has 0 bridgehead atoms. The number of imide groups is 1. The summed E-state index contributed by atoms with van der Waals surface area (Å²) < 4.78 is 17.2. The predicted octanol–water partition coefficient (Wildman–Crippen LogP) is 4.13. The minimum Gasteiger partial charge on any atom is -0.493 e. The van der Waals surface area contributed by atoms with Gasteiger partial charge in [-0.3, -0.25) is 19.4 Å². The number of likely N-dealkylation sites (tertiary alicyclic amines) is 1. The molecule has 5 rings (SSSR count). The highest BCUT2D eigenvalue weighted by atomic mass is 16.5. The van der Waals surface area contributed by atoms with Crippen LogP contribution in [0, 0.1) is 5.92 Å². The molecule has 0 unspecified atom stereocenters. The highest BCUT2D eigenvalue weighted by molar-refractivity contribution is 6.01. The van der Waals surface area contributed by atoms with Crippen molar-refractivity contribution in [2.45, 2.75) is 51.6 Å². The summed E-state index contributed by atoms with van der Waals surface area (Å²) in [5.41, 5.74) is 3.80. The van der Waals surface area contributed by atoms with Gasteiger partial charge < -0.3 is 14.2 Å². The highest BCUT2D eigenvalue weighted by Gasteiger charge is 2.29. The summed E-state index contributed by atoms with van der Waals surface area (Å²) in [6.07, 6.45) is 4.19. The quantitative estimate of drug-likeness (QED) is 0.453. The molecule has 2 aromatic rings. The van der Waals surface area contributed by atoms with Gasteiger partial charge in [0.15, 0.2) is 11.5 Å². The monoisotopic (exact) mass is 478 g/mol. The molecule has 2 aliphatic heterocycles. The fraction of sp³-hybridized carbons (Fsp3) is 0.500. The van der Waals surface area contributed by atoms with Crippen molar-refractivity contribution in [1.82, 2.24) is 9.80 Å². The number of ether oxygens (including phenoxy) is 3. The fourth-order valence-corrected chi connectivity index (χ4v) is 4.95. The van der Waals surface area contributed by atoms with Crippen LogP contribution in [0.3, 0.4) is 0 Å². The van der Waals surface area contributed by atoms with Crippen molar-refractivity contribution in [1.29, 1.82) is 0 Å². The number of methoxy groups -OCH3 is 1. The topological polar surface area (TPSA) is 68.3 Å². The summed E-state index contributed by atoms with van der Waals surface area (Å²) in [5, 5.41) is 0. The van der Waals surface area contributed by atoms with Crippen LogP contribution >= 0.6 is 0 Å². The molecular weight excluding hydrogens is 444 g/mol. The molecular formula is C28H34N2O5. The average molecular weight is 479 g/mol. The molecule has 186 valence electrons. The van der Waals surface area contributed by atoms with Gasteiger partial charge in [-0.1, -0.05) is 18.2 Å². The molecule has 2 fully saturated rings. The van der Waals surface area contributed by atoms with Gasteiger partial charge in [-0.05, 0) is 60.6 Å².